The minimum atomic E-state index is -4.02. The van der Waals surface area contributed by atoms with E-state index in [1.54, 1.807) is 19.1 Å². The third kappa shape index (κ3) is 6.33. The quantitative estimate of drug-likeness (QED) is 0.247. The molecule has 1 aliphatic heterocycles. The molecular formula is C32H44BNO7S. The van der Waals surface area contributed by atoms with Crippen LogP contribution in [0.3, 0.4) is 0 Å². The highest BCUT2D eigenvalue weighted by atomic mass is 32.2. The fourth-order valence-corrected chi connectivity index (χ4v) is 8.36. The molecule has 0 amide bonds. The van der Waals surface area contributed by atoms with E-state index in [1.807, 2.05) is 37.3 Å². The smallest absolute Gasteiger partial charge is 0.457 e. The van der Waals surface area contributed by atoms with Gasteiger partial charge >= 0.3 is 13.1 Å². The number of ether oxygens (including phenoxy) is 2. The molecule has 0 aromatic heterocycles. The lowest BCUT2D eigenvalue weighted by Crippen LogP contribution is -2.65. The molecule has 2 aromatic carbocycles. The molecule has 8 nitrogen and oxygen atoms in total. The molecule has 4 fully saturated rings. The average molecular weight is 598 g/mol. The Hall–Kier alpha value is -2.24. The predicted octanol–water partition coefficient (Wildman–Crippen LogP) is 5.30. The SMILES string of the molecule is CCOC(=O)C(NS(=O)(=O)c1ccc(C)cc1)C(CCCB1OC2C[C@@H]3C[C@@H](C3(C)C)[C@]2(C)O1)OCc1ccccc1. The number of hydrogen-bond donors (Lipinski definition) is 1. The molecule has 1 N–H and O–H groups in total. The Morgan fingerprint density at radius 2 is 1.81 bits per heavy atom. The summed E-state index contributed by atoms with van der Waals surface area (Å²) in [5.41, 5.74) is 1.84. The maximum absolute atomic E-state index is 13.4. The van der Waals surface area contributed by atoms with Crippen LogP contribution in [-0.2, 0) is 40.2 Å². The fraction of sp³-hybridized carbons (Fsp3) is 0.594. The first-order chi connectivity index (χ1) is 19.9. The van der Waals surface area contributed by atoms with Crippen LogP contribution >= 0.6 is 0 Å². The largest absolute Gasteiger partial charge is 0.465 e. The van der Waals surface area contributed by atoms with Crippen molar-refractivity contribution in [1.29, 1.82) is 0 Å². The van der Waals surface area contributed by atoms with E-state index in [9.17, 15) is 13.2 Å². The summed E-state index contributed by atoms with van der Waals surface area (Å²) in [6, 6.07) is 14.9. The van der Waals surface area contributed by atoms with Gasteiger partial charge in [0.05, 0.1) is 35.9 Å². The summed E-state index contributed by atoms with van der Waals surface area (Å²) in [6.07, 6.45) is 3.18. The lowest BCUT2D eigenvalue weighted by Gasteiger charge is -2.64. The predicted molar refractivity (Wildman–Crippen MR) is 161 cm³/mol. The zero-order chi connectivity index (χ0) is 30.1. The van der Waals surface area contributed by atoms with Crippen molar-refractivity contribution in [2.45, 2.75) is 102 Å². The Balaban J connectivity index is 1.30. The van der Waals surface area contributed by atoms with Gasteiger partial charge in [0.2, 0.25) is 10.0 Å². The van der Waals surface area contributed by atoms with Crippen molar-refractivity contribution in [1.82, 2.24) is 4.72 Å². The van der Waals surface area contributed by atoms with Gasteiger partial charge in [-0.1, -0.05) is 68.3 Å². The van der Waals surface area contributed by atoms with Gasteiger partial charge < -0.3 is 18.8 Å². The average Bonchev–Trinajstić information content (AvgIpc) is 3.30. The molecule has 6 atom stereocenters. The van der Waals surface area contributed by atoms with Gasteiger partial charge in [0.15, 0.2) is 0 Å². The van der Waals surface area contributed by atoms with Crippen LogP contribution in [0.25, 0.3) is 0 Å². The Morgan fingerprint density at radius 3 is 2.48 bits per heavy atom. The highest BCUT2D eigenvalue weighted by Gasteiger charge is 2.67. The number of hydrogen-bond acceptors (Lipinski definition) is 7. The zero-order valence-corrected chi connectivity index (χ0v) is 26.2. The van der Waals surface area contributed by atoms with Gasteiger partial charge in [-0.25, -0.2) is 8.42 Å². The monoisotopic (exact) mass is 597 g/mol. The van der Waals surface area contributed by atoms with Gasteiger partial charge in [0.25, 0.3) is 0 Å². The summed E-state index contributed by atoms with van der Waals surface area (Å²) in [7, 11) is -4.36. The summed E-state index contributed by atoms with van der Waals surface area (Å²) in [6.45, 7) is 10.8. The molecule has 42 heavy (non-hydrogen) atoms. The fourth-order valence-electron chi connectivity index (χ4n) is 7.15. The molecule has 3 aliphatic carbocycles. The summed E-state index contributed by atoms with van der Waals surface area (Å²) < 4.78 is 54.0. The maximum atomic E-state index is 13.4. The number of benzene rings is 2. The molecule has 10 heteroatoms. The van der Waals surface area contributed by atoms with E-state index in [0.717, 1.165) is 17.5 Å². The molecule has 1 saturated heterocycles. The number of carbonyl (C=O) groups is 1. The summed E-state index contributed by atoms with van der Waals surface area (Å²) in [5, 5.41) is 0. The highest BCUT2D eigenvalue weighted by molar-refractivity contribution is 7.89. The molecule has 2 bridgehead atoms. The van der Waals surface area contributed by atoms with Crippen LogP contribution in [0.1, 0.15) is 64.5 Å². The van der Waals surface area contributed by atoms with Crippen molar-refractivity contribution < 1.29 is 32.0 Å². The first kappa shape index (κ1) is 31.2. The van der Waals surface area contributed by atoms with E-state index < -0.39 is 28.1 Å². The summed E-state index contributed by atoms with van der Waals surface area (Å²) >= 11 is 0. The van der Waals surface area contributed by atoms with Crippen LogP contribution in [0.4, 0.5) is 0 Å². The van der Waals surface area contributed by atoms with Crippen LogP contribution < -0.4 is 4.72 Å². The molecule has 6 rings (SSSR count). The molecule has 4 aliphatic rings. The first-order valence-corrected chi connectivity index (χ1v) is 16.7. The number of nitrogens with one attached hydrogen (secondary N) is 1. The Kier molecular flexibility index (Phi) is 9.21. The van der Waals surface area contributed by atoms with Crippen LogP contribution in [0.15, 0.2) is 59.5 Å². The number of rotatable bonds is 13. The topological polar surface area (TPSA) is 100 Å². The zero-order valence-electron chi connectivity index (χ0n) is 25.4. The second-order valence-corrected chi connectivity index (χ2v) is 14.5. The van der Waals surface area contributed by atoms with E-state index in [1.165, 1.54) is 18.6 Å². The van der Waals surface area contributed by atoms with E-state index in [2.05, 4.69) is 25.5 Å². The standard InChI is InChI=1S/C32H44BNO7S/c1-6-38-30(35)29(34-42(36,37)25-16-14-22(2)15-17-25)26(39-21-23-11-8-7-9-12-23)13-10-18-33-40-28-20-24-19-27(31(24,3)4)32(28,5)41-33/h7-9,11-12,14-17,24,26-29,34H,6,10,13,18-21H2,1-5H3/t24-,26?,27-,28?,29?,32-/m0/s1. The lowest BCUT2D eigenvalue weighted by atomic mass is 9.43. The van der Waals surface area contributed by atoms with E-state index in [-0.39, 0.29) is 42.3 Å². The third-order valence-electron chi connectivity index (χ3n) is 9.76. The normalized spacial score (nSPS) is 27.5. The molecular weight excluding hydrogens is 553 g/mol. The van der Waals surface area contributed by atoms with Gasteiger partial charge in [-0.05, 0) is 81.3 Å². The Labute approximate surface area is 251 Å². The number of sulfonamides is 1. The van der Waals surface area contributed by atoms with Gasteiger partial charge in [0.1, 0.15) is 6.04 Å². The van der Waals surface area contributed by atoms with Crippen LogP contribution in [0.2, 0.25) is 6.32 Å². The molecule has 1 heterocycles. The van der Waals surface area contributed by atoms with Crippen molar-refractivity contribution in [3.63, 3.8) is 0 Å². The van der Waals surface area contributed by atoms with Crippen molar-refractivity contribution in [3.8, 4) is 0 Å². The first-order valence-electron chi connectivity index (χ1n) is 15.2. The second-order valence-electron chi connectivity index (χ2n) is 12.8. The van der Waals surface area contributed by atoms with Crippen LogP contribution in [-0.4, -0.2) is 52.0 Å². The van der Waals surface area contributed by atoms with Crippen LogP contribution in [0, 0.1) is 24.2 Å². The third-order valence-corrected chi connectivity index (χ3v) is 11.2. The van der Waals surface area contributed by atoms with E-state index >= 15 is 0 Å². The lowest BCUT2D eigenvalue weighted by molar-refractivity contribution is -0.199. The van der Waals surface area contributed by atoms with Crippen molar-refractivity contribution >= 4 is 23.1 Å². The van der Waals surface area contributed by atoms with Gasteiger partial charge in [0, 0.05) is 0 Å². The number of carbonyl (C=O) groups excluding carboxylic acids is 1. The summed E-state index contributed by atoms with van der Waals surface area (Å²) in [5.74, 6) is 0.482. The van der Waals surface area contributed by atoms with Crippen molar-refractivity contribution in [2.75, 3.05) is 6.61 Å². The van der Waals surface area contributed by atoms with Gasteiger partial charge in [-0.2, -0.15) is 4.72 Å². The Bertz CT molecular complexity index is 1340. The highest BCUT2D eigenvalue weighted by Crippen LogP contribution is 2.65. The summed E-state index contributed by atoms with van der Waals surface area (Å²) in [4.78, 5) is 13.3. The second kappa shape index (κ2) is 12.4. The number of esters is 1. The van der Waals surface area contributed by atoms with Crippen molar-refractivity contribution in [2.24, 2.45) is 17.3 Å². The van der Waals surface area contributed by atoms with Crippen LogP contribution in [0.5, 0.6) is 0 Å². The van der Waals surface area contributed by atoms with E-state index in [0.29, 0.717) is 31.0 Å². The number of aryl methyl sites for hydroxylation is 1. The van der Waals surface area contributed by atoms with Gasteiger partial charge in [-0.15, -0.1) is 0 Å². The minimum absolute atomic E-state index is 0.0779. The van der Waals surface area contributed by atoms with Gasteiger partial charge in [-0.3, -0.25) is 4.79 Å². The minimum Gasteiger partial charge on any atom is -0.465 e. The molecule has 3 unspecified atom stereocenters. The maximum Gasteiger partial charge on any atom is 0.457 e. The molecule has 228 valence electrons. The van der Waals surface area contributed by atoms with E-state index in [4.69, 9.17) is 18.8 Å². The molecule has 3 saturated carbocycles. The molecule has 0 radical (unpaired) electrons. The Morgan fingerprint density at radius 1 is 1.10 bits per heavy atom. The molecule has 2 aromatic rings. The van der Waals surface area contributed by atoms with Crippen molar-refractivity contribution in [3.05, 3.63) is 65.7 Å². The molecule has 0 spiro atoms.